The summed E-state index contributed by atoms with van der Waals surface area (Å²) in [5.41, 5.74) is 5.57. The van der Waals surface area contributed by atoms with Crippen LogP contribution in [0, 0.1) is 0 Å². The highest BCUT2D eigenvalue weighted by Gasteiger charge is 2.08. The third kappa shape index (κ3) is 2.49. The van der Waals surface area contributed by atoms with E-state index in [1.54, 1.807) is 6.20 Å². The van der Waals surface area contributed by atoms with Crippen LogP contribution < -0.4 is 10.5 Å². The minimum absolute atomic E-state index is 0.154. The van der Waals surface area contributed by atoms with Crippen molar-refractivity contribution in [2.75, 3.05) is 12.8 Å². The van der Waals surface area contributed by atoms with Crippen molar-refractivity contribution in [3.05, 3.63) is 24.0 Å². The van der Waals surface area contributed by atoms with Crippen molar-refractivity contribution in [1.82, 2.24) is 24.5 Å². The predicted molar refractivity (Wildman–Crippen MR) is 61.5 cm³/mol. The Bertz CT molecular complexity index is 509. The lowest BCUT2D eigenvalue weighted by molar-refractivity contribution is 0.377. The van der Waals surface area contributed by atoms with Gasteiger partial charge in [-0.15, -0.1) is 0 Å². The quantitative estimate of drug-likeness (QED) is 0.816. The van der Waals surface area contributed by atoms with Crippen molar-refractivity contribution in [3.63, 3.8) is 0 Å². The number of nitrogens with two attached hydrogens (primary N) is 1. The molecular formula is C10H14N6O. The lowest BCUT2D eigenvalue weighted by Crippen LogP contribution is -2.08. The molecule has 0 spiro atoms. The summed E-state index contributed by atoms with van der Waals surface area (Å²) in [6, 6.07) is 0.224. The van der Waals surface area contributed by atoms with Crippen molar-refractivity contribution in [3.8, 4) is 6.01 Å². The number of anilines is 1. The molecule has 17 heavy (non-hydrogen) atoms. The van der Waals surface area contributed by atoms with Gasteiger partial charge < -0.3 is 15.0 Å². The molecule has 0 unspecified atom stereocenters. The van der Waals surface area contributed by atoms with Gasteiger partial charge in [-0.05, 0) is 6.92 Å². The minimum atomic E-state index is 0.154. The monoisotopic (exact) mass is 234 g/mol. The van der Waals surface area contributed by atoms with E-state index < -0.39 is 0 Å². The number of hydrogen-bond acceptors (Lipinski definition) is 6. The average Bonchev–Trinajstić information content (AvgIpc) is 2.75. The molecule has 2 aromatic heterocycles. The van der Waals surface area contributed by atoms with Crippen LogP contribution in [0.15, 0.2) is 12.4 Å². The molecule has 0 aromatic carbocycles. The van der Waals surface area contributed by atoms with Gasteiger partial charge in [0.15, 0.2) is 0 Å². The van der Waals surface area contributed by atoms with Crippen LogP contribution in [0.2, 0.25) is 0 Å². The highest BCUT2D eigenvalue weighted by Crippen LogP contribution is 2.08. The number of aryl methyl sites for hydroxylation is 1. The zero-order chi connectivity index (χ0) is 12.3. The Morgan fingerprint density at radius 3 is 2.88 bits per heavy atom. The Morgan fingerprint density at radius 1 is 1.35 bits per heavy atom. The van der Waals surface area contributed by atoms with Gasteiger partial charge in [0, 0.05) is 18.9 Å². The number of hydrogen-bond donors (Lipinski definition) is 1. The van der Waals surface area contributed by atoms with Gasteiger partial charge in [-0.3, -0.25) is 0 Å². The molecular weight excluding hydrogens is 220 g/mol. The molecule has 0 radical (unpaired) electrons. The van der Waals surface area contributed by atoms with E-state index >= 15 is 0 Å². The zero-order valence-corrected chi connectivity index (χ0v) is 9.79. The first-order chi connectivity index (χ1) is 8.22. The van der Waals surface area contributed by atoms with Gasteiger partial charge in [-0.2, -0.15) is 15.0 Å². The van der Waals surface area contributed by atoms with Gasteiger partial charge >= 0.3 is 6.01 Å². The highest BCUT2D eigenvalue weighted by molar-refractivity contribution is 5.19. The third-order valence-electron chi connectivity index (χ3n) is 2.32. The lowest BCUT2D eigenvalue weighted by Gasteiger charge is -2.05. The molecule has 0 bridgehead atoms. The van der Waals surface area contributed by atoms with Gasteiger partial charge in [0.05, 0.1) is 13.5 Å². The Labute approximate surface area is 98.7 Å². The first-order valence-corrected chi connectivity index (χ1v) is 5.27. The topological polar surface area (TPSA) is 91.7 Å². The zero-order valence-electron chi connectivity index (χ0n) is 9.79. The van der Waals surface area contributed by atoms with Crippen LogP contribution >= 0.6 is 0 Å². The van der Waals surface area contributed by atoms with Crippen molar-refractivity contribution < 1.29 is 4.74 Å². The molecule has 2 rings (SSSR count). The molecule has 0 aliphatic carbocycles. The minimum Gasteiger partial charge on any atom is -0.467 e. The molecule has 90 valence electrons. The van der Waals surface area contributed by atoms with Crippen molar-refractivity contribution >= 4 is 5.95 Å². The van der Waals surface area contributed by atoms with Gasteiger partial charge in [-0.25, -0.2) is 4.98 Å². The predicted octanol–water partition coefficient (Wildman–Crippen LogP) is 0.270. The van der Waals surface area contributed by atoms with E-state index in [1.807, 2.05) is 17.7 Å². The Kier molecular flexibility index (Phi) is 3.17. The van der Waals surface area contributed by atoms with Crippen LogP contribution in [0.4, 0.5) is 5.95 Å². The number of methoxy groups -OCH3 is 1. The third-order valence-corrected chi connectivity index (χ3v) is 2.32. The second-order valence-electron chi connectivity index (χ2n) is 3.40. The van der Waals surface area contributed by atoms with Crippen molar-refractivity contribution in [2.45, 2.75) is 19.9 Å². The van der Waals surface area contributed by atoms with Crippen LogP contribution in [0.5, 0.6) is 6.01 Å². The number of ether oxygens (including phenoxy) is 1. The Balaban J connectivity index is 2.26. The fraction of sp³-hybridized carbons (Fsp3) is 0.400. The van der Waals surface area contributed by atoms with Gasteiger partial charge in [0.2, 0.25) is 5.95 Å². The standard InChI is InChI=1S/C10H14N6O/c1-3-16-5-4-12-8(16)6-7-13-9(11)15-10(14-7)17-2/h4-5H,3,6H2,1-2H3,(H2,11,13,14,15). The molecule has 0 amide bonds. The largest absolute Gasteiger partial charge is 0.467 e. The molecule has 2 aromatic rings. The molecule has 0 saturated heterocycles. The van der Waals surface area contributed by atoms with Gasteiger partial charge in [0.25, 0.3) is 0 Å². The second-order valence-corrected chi connectivity index (χ2v) is 3.40. The maximum atomic E-state index is 5.57. The van der Waals surface area contributed by atoms with E-state index in [0.717, 1.165) is 12.4 Å². The number of nitrogen functional groups attached to an aromatic ring is 1. The van der Waals surface area contributed by atoms with Gasteiger partial charge in [0.1, 0.15) is 11.6 Å². The fourth-order valence-electron chi connectivity index (χ4n) is 1.52. The van der Waals surface area contributed by atoms with E-state index in [9.17, 15) is 0 Å². The first kappa shape index (κ1) is 11.3. The smallest absolute Gasteiger partial charge is 0.321 e. The Morgan fingerprint density at radius 2 is 2.18 bits per heavy atom. The normalized spacial score (nSPS) is 10.5. The van der Waals surface area contributed by atoms with Crippen molar-refractivity contribution in [1.29, 1.82) is 0 Å². The summed E-state index contributed by atoms with van der Waals surface area (Å²) in [6.07, 6.45) is 4.17. The first-order valence-electron chi connectivity index (χ1n) is 5.27. The lowest BCUT2D eigenvalue weighted by atomic mass is 10.4. The van der Waals surface area contributed by atoms with E-state index in [4.69, 9.17) is 10.5 Å². The number of nitrogens with zero attached hydrogens (tertiary/aromatic N) is 5. The molecule has 0 aliphatic rings. The molecule has 2 heterocycles. The molecule has 0 atom stereocenters. The SMILES string of the molecule is CCn1ccnc1Cc1nc(N)nc(OC)n1. The Hall–Kier alpha value is -2.18. The summed E-state index contributed by atoms with van der Waals surface area (Å²) in [5.74, 6) is 1.59. The van der Waals surface area contributed by atoms with E-state index in [0.29, 0.717) is 12.2 Å². The molecule has 7 heteroatoms. The molecule has 0 fully saturated rings. The van der Waals surface area contributed by atoms with Crippen LogP contribution in [0.1, 0.15) is 18.6 Å². The second kappa shape index (κ2) is 4.77. The molecule has 0 aliphatic heterocycles. The van der Waals surface area contributed by atoms with E-state index in [2.05, 4.69) is 19.9 Å². The summed E-state index contributed by atoms with van der Waals surface area (Å²) < 4.78 is 6.96. The van der Waals surface area contributed by atoms with Crippen LogP contribution in [-0.4, -0.2) is 31.6 Å². The summed E-state index contributed by atoms with van der Waals surface area (Å²) >= 11 is 0. The summed E-state index contributed by atoms with van der Waals surface area (Å²) in [7, 11) is 1.49. The molecule has 0 saturated carbocycles. The number of rotatable bonds is 4. The van der Waals surface area contributed by atoms with Crippen LogP contribution in [0.25, 0.3) is 0 Å². The summed E-state index contributed by atoms with van der Waals surface area (Å²) in [4.78, 5) is 16.3. The van der Waals surface area contributed by atoms with Gasteiger partial charge in [-0.1, -0.05) is 0 Å². The molecule has 7 nitrogen and oxygen atoms in total. The fourth-order valence-corrected chi connectivity index (χ4v) is 1.52. The average molecular weight is 234 g/mol. The van der Waals surface area contributed by atoms with E-state index in [1.165, 1.54) is 7.11 Å². The summed E-state index contributed by atoms with van der Waals surface area (Å²) in [6.45, 7) is 2.90. The number of imidazole rings is 1. The number of aromatic nitrogens is 5. The maximum absolute atomic E-state index is 5.57. The van der Waals surface area contributed by atoms with Crippen molar-refractivity contribution in [2.24, 2.45) is 0 Å². The van der Waals surface area contributed by atoms with Crippen LogP contribution in [-0.2, 0) is 13.0 Å². The summed E-state index contributed by atoms with van der Waals surface area (Å²) in [5, 5.41) is 0. The van der Waals surface area contributed by atoms with Crippen LogP contribution in [0.3, 0.4) is 0 Å². The maximum Gasteiger partial charge on any atom is 0.321 e. The highest BCUT2D eigenvalue weighted by atomic mass is 16.5. The van der Waals surface area contributed by atoms with E-state index in [-0.39, 0.29) is 12.0 Å². The molecule has 2 N–H and O–H groups in total.